The molecule has 0 bridgehead atoms. The summed E-state index contributed by atoms with van der Waals surface area (Å²) in [7, 11) is 0. The van der Waals surface area contributed by atoms with Crippen LogP contribution in [0.5, 0.6) is 0 Å². The quantitative estimate of drug-likeness (QED) is 0.207. The van der Waals surface area contributed by atoms with Crippen LogP contribution in [0.1, 0.15) is 38.7 Å². The maximum absolute atomic E-state index is 14.5. The molecular formula is C20H34FIN4O2. The molecule has 1 saturated heterocycles. The molecule has 1 heterocycles. The number of piperidine rings is 1. The van der Waals surface area contributed by atoms with Crippen molar-refractivity contribution in [2.75, 3.05) is 44.3 Å². The zero-order chi connectivity index (χ0) is 19.5. The van der Waals surface area contributed by atoms with Gasteiger partial charge in [-0.3, -0.25) is 0 Å². The highest BCUT2D eigenvalue weighted by molar-refractivity contribution is 14.0. The summed E-state index contributed by atoms with van der Waals surface area (Å²) in [5, 5.41) is 16.1. The van der Waals surface area contributed by atoms with E-state index in [0.29, 0.717) is 38.2 Å². The third kappa shape index (κ3) is 8.48. The third-order valence-corrected chi connectivity index (χ3v) is 4.54. The van der Waals surface area contributed by atoms with Crippen molar-refractivity contribution in [3.05, 3.63) is 29.6 Å². The molecule has 8 heteroatoms. The van der Waals surface area contributed by atoms with E-state index in [1.165, 1.54) is 0 Å². The Kier molecular flexibility index (Phi) is 12.4. The summed E-state index contributed by atoms with van der Waals surface area (Å²) in [6, 6.07) is 5.30. The fourth-order valence-corrected chi connectivity index (χ4v) is 3.05. The normalized spacial score (nSPS) is 15.3. The molecule has 0 saturated carbocycles. The number of benzene rings is 1. The van der Waals surface area contributed by atoms with Crippen LogP contribution < -0.4 is 15.5 Å². The van der Waals surface area contributed by atoms with Gasteiger partial charge in [0.15, 0.2) is 5.96 Å². The molecule has 0 aromatic heterocycles. The number of hydrogen-bond acceptors (Lipinski definition) is 4. The van der Waals surface area contributed by atoms with Crippen molar-refractivity contribution in [1.29, 1.82) is 0 Å². The number of aliphatic imine (C=N–C) groups is 1. The second-order valence-electron chi connectivity index (χ2n) is 6.68. The summed E-state index contributed by atoms with van der Waals surface area (Å²) in [6.07, 6.45) is 2.02. The molecule has 1 aliphatic heterocycles. The van der Waals surface area contributed by atoms with Crippen LogP contribution in [0.4, 0.5) is 10.1 Å². The first-order valence-corrected chi connectivity index (χ1v) is 9.95. The van der Waals surface area contributed by atoms with Gasteiger partial charge in [0.25, 0.3) is 0 Å². The second-order valence-corrected chi connectivity index (χ2v) is 6.68. The Morgan fingerprint density at radius 3 is 2.68 bits per heavy atom. The first kappa shape index (κ1) is 24.9. The number of halogens is 2. The number of nitrogens with one attached hydrogen (secondary N) is 2. The minimum atomic E-state index is -0.261. The van der Waals surface area contributed by atoms with E-state index in [9.17, 15) is 9.50 Å². The van der Waals surface area contributed by atoms with Crippen molar-refractivity contribution >= 4 is 35.6 Å². The van der Waals surface area contributed by atoms with Gasteiger partial charge in [-0.2, -0.15) is 0 Å². The molecule has 0 unspecified atom stereocenters. The summed E-state index contributed by atoms with van der Waals surface area (Å²) in [4.78, 5) is 6.53. The number of nitrogens with zero attached hydrogens (tertiary/aromatic N) is 2. The number of aliphatic hydroxyl groups is 1. The molecule has 0 aliphatic carbocycles. The highest BCUT2D eigenvalue weighted by Gasteiger charge is 2.19. The number of rotatable bonds is 9. The molecule has 0 amide bonds. The van der Waals surface area contributed by atoms with Gasteiger partial charge in [0, 0.05) is 39.4 Å². The van der Waals surface area contributed by atoms with E-state index in [1.807, 2.05) is 30.9 Å². The van der Waals surface area contributed by atoms with Crippen LogP contribution >= 0.6 is 24.0 Å². The summed E-state index contributed by atoms with van der Waals surface area (Å²) < 4.78 is 19.9. The predicted octanol–water partition coefficient (Wildman–Crippen LogP) is 2.89. The number of hydrogen-bond donors (Lipinski definition) is 3. The van der Waals surface area contributed by atoms with Crippen molar-refractivity contribution in [2.45, 2.75) is 45.8 Å². The lowest BCUT2D eigenvalue weighted by Crippen LogP contribution is -2.38. The Bertz CT molecular complexity index is 596. The van der Waals surface area contributed by atoms with E-state index < -0.39 is 0 Å². The molecule has 6 nitrogen and oxygen atoms in total. The number of guanidine groups is 1. The van der Waals surface area contributed by atoms with Gasteiger partial charge in [-0.15, -0.1) is 24.0 Å². The Labute approximate surface area is 185 Å². The van der Waals surface area contributed by atoms with Crippen LogP contribution in [-0.4, -0.2) is 56.6 Å². The molecule has 0 atom stereocenters. The maximum Gasteiger partial charge on any atom is 0.191 e. The van der Waals surface area contributed by atoms with Gasteiger partial charge in [-0.25, -0.2) is 9.38 Å². The molecule has 0 radical (unpaired) electrons. The van der Waals surface area contributed by atoms with Crippen LogP contribution in [0.2, 0.25) is 0 Å². The minimum Gasteiger partial charge on any atom is -0.393 e. The second kappa shape index (κ2) is 13.9. The standard InChI is InChI=1S/C20H33FN4O2.HI/c1-3-22-20(23-10-5-13-27-4-2)24-15-16-6-7-19(18(21)14-16)25-11-8-17(26)9-12-25;/h6-7,14,17,26H,3-5,8-13,15H2,1-2H3,(H2,22,23,24);1H. The van der Waals surface area contributed by atoms with Crippen molar-refractivity contribution in [1.82, 2.24) is 10.6 Å². The first-order chi connectivity index (χ1) is 13.1. The van der Waals surface area contributed by atoms with Crippen LogP contribution in [0.25, 0.3) is 0 Å². The molecule has 160 valence electrons. The van der Waals surface area contributed by atoms with E-state index in [1.54, 1.807) is 6.07 Å². The molecule has 1 aromatic carbocycles. The smallest absolute Gasteiger partial charge is 0.191 e. The summed E-state index contributed by atoms with van der Waals surface area (Å²) >= 11 is 0. The van der Waals surface area contributed by atoms with E-state index in [4.69, 9.17) is 4.74 Å². The van der Waals surface area contributed by atoms with Gasteiger partial charge in [0.1, 0.15) is 5.82 Å². The van der Waals surface area contributed by atoms with E-state index in [2.05, 4.69) is 15.6 Å². The Morgan fingerprint density at radius 2 is 2.04 bits per heavy atom. The number of aliphatic hydroxyl groups excluding tert-OH is 1. The lowest BCUT2D eigenvalue weighted by atomic mass is 10.1. The van der Waals surface area contributed by atoms with E-state index in [0.717, 1.165) is 44.2 Å². The topological polar surface area (TPSA) is 69.1 Å². The monoisotopic (exact) mass is 508 g/mol. The number of ether oxygens (including phenoxy) is 1. The molecular weight excluding hydrogens is 474 g/mol. The van der Waals surface area contributed by atoms with Crippen molar-refractivity contribution in [2.24, 2.45) is 4.99 Å². The van der Waals surface area contributed by atoms with E-state index >= 15 is 0 Å². The highest BCUT2D eigenvalue weighted by atomic mass is 127. The highest BCUT2D eigenvalue weighted by Crippen LogP contribution is 2.24. The van der Waals surface area contributed by atoms with Gasteiger partial charge in [0.05, 0.1) is 18.3 Å². The molecule has 1 aliphatic rings. The Hall–Kier alpha value is -1.13. The first-order valence-electron chi connectivity index (χ1n) is 9.95. The van der Waals surface area contributed by atoms with Gasteiger partial charge >= 0.3 is 0 Å². The maximum atomic E-state index is 14.5. The molecule has 28 heavy (non-hydrogen) atoms. The SMILES string of the molecule is CCNC(=NCc1ccc(N2CCC(O)CC2)c(F)c1)NCCCOCC.I. The van der Waals surface area contributed by atoms with Gasteiger partial charge < -0.3 is 25.4 Å². The van der Waals surface area contributed by atoms with Gasteiger partial charge in [-0.1, -0.05) is 6.07 Å². The Morgan fingerprint density at radius 1 is 1.29 bits per heavy atom. The average molecular weight is 508 g/mol. The van der Waals surface area contributed by atoms with E-state index in [-0.39, 0.29) is 35.9 Å². The molecule has 1 fully saturated rings. The van der Waals surface area contributed by atoms with Crippen LogP contribution in [0.15, 0.2) is 23.2 Å². The van der Waals surface area contributed by atoms with Crippen LogP contribution in [-0.2, 0) is 11.3 Å². The molecule has 1 aromatic rings. The summed E-state index contributed by atoms with van der Waals surface area (Å²) in [5.41, 5.74) is 1.44. The third-order valence-electron chi connectivity index (χ3n) is 4.54. The lowest BCUT2D eigenvalue weighted by molar-refractivity contribution is 0.145. The molecule has 3 N–H and O–H groups in total. The van der Waals surface area contributed by atoms with Gasteiger partial charge in [0.2, 0.25) is 0 Å². The summed E-state index contributed by atoms with van der Waals surface area (Å²) in [5.74, 6) is 0.497. The number of anilines is 1. The molecule has 0 spiro atoms. The lowest BCUT2D eigenvalue weighted by Gasteiger charge is -2.31. The van der Waals surface area contributed by atoms with Gasteiger partial charge in [-0.05, 0) is 50.8 Å². The Balaban J connectivity index is 0.00000392. The molecule has 2 rings (SSSR count). The zero-order valence-corrected chi connectivity index (χ0v) is 19.2. The fraction of sp³-hybridized carbons (Fsp3) is 0.650. The zero-order valence-electron chi connectivity index (χ0n) is 16.9. The van der Waals surface area contributed by atoms with Crippen molar-refractivity contribution < 1.29 is 14.2 Å². The average Bonchev–Trinajstić information content (AvgIpc) is 2.67. The van der Waals surface area contributed by atoms with Crippen LogP contribution in [0.3, 0.4) is 0 Å². The largest absolute Gasteiger partial charge is 0.393 e. The summed E-state index contributed by atoms with van der Waals surface area (Å²) in [6.45, 7) is 8.79. The van der Waals surface area contributed by atoms with Crippen molar-refractivity contribution in [3.63, 3.8) is 0 Å². The fourth-order valence-electron chi connectivity index (χ4n) is 3.05. The van der Waals surface area contributed by atoms with Crippen LogP contribution in [0, 0.1) is 5.82 Å². The minimum absolute atomic E-state index is 0. The predicted molar refractivity (Wildman–Crippen MR) is 123 cm³/mol. The van der Waals surface area contributed by atoms with Crippen molar-refractivity contribution in [3.8, 4) is 0 Å².